The summed E-state index contributed by atoms with van der Waals surface area (Å²) >= 11 is 0. The van der Waals surface area contributed by atoms with Crippen LogP contribution >= 0.6 is 0 Å². The Kier molecular flexibility index (Phi) is 6.60. The van der Waals surface area contributed by atoms with E-state index in [2.05, 4.69) is 5.32 Å². The molecule has 5 nitrogen and oxygen atoms in total. The third kappa shape index (κ3) is 5.66. The third-order valence-electron chi connectivity index (χ3n) is 3.06. The molecule has 1 aliphatic carbocycles. The Morgan fingerprint density at radius 1 is 1.41 bits per heavy atom. The maximum Gasteiger partial charge on any atom is 0.246 e. The first kappa shape index (κ1) is 13.9. The summed E-state index contributed by atoms with van der Waals surface area (Å²) in [6.07, 6.45) is 4.23. The van der Waals surface area contributed by atoms with Gasteiger partial charge in [-0.25, -0.2) is 0 Å². The average Bonchev–Trinajstić information content (AvgIpc) is 2.37. The topological polar surface area (TPSA) is 82.4 Å². The average molecular weight is 240 g/mol. The molecular formula is C12H20N2O3. The number of ether oxygens (including phenoxy) is 1. The van der Waals surface area contributed by atoms with Crippen LogP contribution in [0.5, 0.6) is 0 Å². The van der Waals surface area contributed by atoms with Crippen molar-refractivity contribution in [2.45, 2.75) is 38.2 Å². The van der Waals surface area contributed by atoms with E-state index in [9.17, 15) is 4.79 Å². The van der Waals surface area contributed by atoms with Crippen molar-refractivity contribution in [3.05, 3.63) is 0 Å². The molecule has 17 heavy (non-hydrogen) atoms. The van der Waals surface area contributed by atoms with Crippen LogP contribution in [0.25, 0.3) is 0 Å². The summed E-state index contributed by atoms with van der Waals surface area (Å²) in [6.45, 7) is 0.706. The number of nitrogens with zero attached hydrogens (tertiary/aromatic N) is 1. The van der Waals surface area contributed by atoms with E-state index in [1.807, 2.05) is 6.07 Å². The Hall–Kier alpha value is -1.12. The number of hydrogen-bond acceptors (Lipinski definition) is 4. The van der Waals surface area contributed by atoms with Crippen LogP contribution in [0.1, 0.15) is 32.1 Å². The van der Waals surface area contributed by atoms with Gasteiger partial charge in [-0.05, 0) is 31.6 Å². The van der Waals surface area contributed by atoms with Gasteiger partial charge in [0.05, 0.1) is 18.6 Å². The van der Waals surface area contributed by atoms with Crippen LogP contribution in [0.4, 0.5) is 0 Å². The number of amides is 1. The number of carbonyl (C=O) groups excluding carboxylic acids is 1. The lowest BCUT2D eigenvalue weighted by Gasteiger charge is -2.27. The number of hydrogen-bond donors (Lipinski definition) is 2. The van der Waals surface area contributed by atoms with Gasteiger partial charge in [0.1, 0.15) is 6.61 Å². The van der Waals surface area contributed by atoms with Crippen LogP contribution in [0.15, 0.2) is 0 Å². The van der Waals surface area contributed by atoms with E-state index in [1.165, 1.54) is 0 Å². The predicted octanol–water partition coefficient (Wildman–Crippen LogP) is 0.584. The van der Waals surface area contributed by atoms with Crippen molar-refractivity contribution in [3.8, 4) is 6.07 Å². The molecule has 5 heteroatoms. The zero-order valence-electron chi connectivity index (χ0n) is 10.0. The van der Waals surface area contributed by atoms with Crippen molar-refractivity contribution >= 4 is 5.91 Å². The molecule has 0 atom stereocenters. The standard InChI is InChI=1S/C12H20N2O3/c13-6-1-7-14-12(16)9-17-11-4-2-10(8-15)3-5-11/h10-11,15H,1-5,7-9H2,(H,14,16). The highest BCUT2D eigenvalue weighted by atomic mass is 16.5. The molecule has 1 fully saturated rings. The van der Waals surface area contributed by atoms with Crippen molar-refractivity contribution in [1.82, 2.24) is 5.32 Å². The van der Waals surface area contributed by atoms with Gasteiger partial charge in [0, 0.05) is 13.2 Å². The number of carbonyl (C=O) groups is 1. The Labute approximate surface area is 102 Å². The maximum atomic E-state index is 11.3. The molecule has 0 unspecified atom stereocenters. The molecule has 96 valence electrons. The zero-order valence-corrected chi connectivity index (χ0v) is 10.0. The summed E-state index contributed by atoms with van der Waals surface area (Å²) in [6, 6.07) is 1.96. The molecule has 1 rings (SSSR count). The lowest BCUT2D eigenvalue weighted by molar-refractivity contribution is -0.128. The first-order valence-electron chi connectivity index (χ1n) is 6.12. The van der Waals surface area contributed by atoms with Gasteiger partial charge in [0.2, 0.25) is 5.91 Å². The van der Waals surface area contributed by atoms with Crippen molar-refractivity contribution in [2.75, 3.05) is 19.8 Å². The van der Waals surface area contributed by atoms with Gasteiger partial charge in [0.25, 0.3) is 0 Å². The second-order valence-corrected chi connectivity index (χ2v) is 4.39. The largest absolute Gasteiger partial charge is 0.396 e. The van der Waals surface area contributed by atoms with Crippen molar-refractivity contribution < 1.29 is 14.6 Å². The minimum atomic E-state index is -0.162. The Balaban J connectivity index is 2.07. The molecule has 2 N–H and O–H groups in total. The first-order chi connectivity index (χ1) is 8.26. The molecule has 0 saturated heterocycles. The summed E-state index contributed by atoms with van der Waals surface area (Å²) in [5, 5.41) is 19.9. The number of rotatable bonds is 6. The summed E-state index contributed by atoms with van der Waals surface area (Å²) < 4.78 is 5.49. The van der Waals surface area contributed by atoms with Crippen molar-refractivity contribution in [3.63, 3.8) is 0 Å². The highest BCUT2D eigenvalue weighted by Gasteiger charge is 2.21. The van der Waals surface area contributed by atoms with Gasteiger partial charge in [-0.3, -0.25) is 4.79 Å². The molecule has 0 radical (unpaired) electrons. The fourth-order valence-electron chi connectivity index (χ4n) is 1.98. The molecule has 0 aromatic heterocycles. The summed E-state index contributed by atoms with van der Waals surface area (Å²) in [7, 11) is 0. The monoisotopic (exact) mass is 240 g/mol. The number of aliphatic hydroxyl groups excluding tert-OH is 1. The van der Waals surface area contributed by atoms with Crippen LogP contribution in [-0.4, -0.2) is 36.9 Å². The molecule has 0 aromatic rings. The fraction of sp³-hybridized carbons (Fsp3) is 0.833. The number of aliphatic hydroxyl groups is 1. The summed E-state index contributed by atoms with van der Waals surface area (Å²) in [5.41, 5.74) is 0. The molecule has 0 heterocycles. The van der Waals surface area contributed by atoms with Gasteiger partial charge >= 0.3 is 0 Å². The highest BCUT2D eigenvalue weighted by molar-refractivity contribution is 5.77. The van der Waals surface area contributed by atoms with Crippen LogP contribution < -0.4 is 5.32 Å². The minimum absolute atomic E-state index is 0.0693. The molecule has 1 amide bonds. The normalized spacial score (nSPS) is 24.0. The zero-order chi connectivity index (χ0) is 12.5. The molecule has 0 aliphatic heterocycles. The van der Waals surface area contributed by atoms with E-state index in [0.717, 1.165) is 25.7 Å². The smallest absolute Gasteiger partial charge is 0.246 e. The molecule has 0 spiro atoms. The highest BCUT2D eigenvalue weighted by Crippen LogP contribution is 2.25. The van der Waals surface area contributed by atoms with Gasteiger partial charge in [-0.1, -0.05) is 0 Å². The second kappa shape index (κ2) is 8.04. The second-order valence-electron chi connectivity index (χ2n) is 4.39. The molecule has 1 aliphatic rings. The Bertz CT molecular complexity index is 267. The predicted molar refractivity (Wildman–Crippen MR) is 62.0 cm³/mol. The third-order valence-corrected chi connectivity index (χ3v) is 3.06. The maximum absolute atomic E-state index is 11.3. The quantitative estimate of drug-likeness (QED) is 0.665. The van der Waals surface area contributed by atoms with Crippen LogP contribution in [0.2, 0.25) is 0 Å². The van der Waals surface area contributed by atoms with Gasteiger partial charge in [0.15, 0.2) is 0 Å². The minimum Gasteiger partial charge on any atom is -0.396 e. The van der Waals surface area contributed by atoms with E-state index in [0.29, 0.717) is 18.9 Å². The van der Waals surface area contributed by atoms with Crippen LogP contribution in [0, 0.1) is 17.2 Å². The van der Waals surface area contributed by atoms with Gasteiger partial charge < -0.3 is 15.2 Å². The van der Waals surface area contributed by atoms with Crippen LogP contribution in [0.3, 0.4) is 0 Å². The molecular weight excluding hydrogens is 220 g/mol. The van der Waals surface area contributed by atoms with E-state index in [4.69, 9.17) is 15.1 Å². The van der Waals surface area contributed by atoms with Gasteiger partial charge in [-0.15, -0.1) is 0 Å². The molecule has 0 bridgehead atoms. The Morgan fingerprint density at radius 2 is 2.12 bits per heavy atom. The first-order valence-corrected chi connectivity index (χ1v) is 6.12. The molecule has 1 saturated carbocycles. The SMILES string of the molecule is N#CCCNC(=O)COC1CCC(CO)CC1. The van der Waals surface area contributed by atoms with E-state index in [1.54, 1.807) is 0 Å². The van der Waals surface area contributed by atoms with E-state index >= 15 is 0 Å². The van der Waals surface area contributed by atoms with Crippen LogP contribution in [-0.2, 0) is 9.53 Å². The van der Waals surface area contributed by atoms with E-state index in [-0.39, 0.29) is 25.2 Å². The summed E-state index contributed by atoms with van der Waals surface area (Å²) in [4.78, 5) is 11.3. The Morgan fingerprint density at radius 3 is 2.71 bits per heavy atom. The lowest BCUT2D eigenvalue weighted by Crippen LogP contribution is -2.32. The van der Waals surface area contributed by atoms with E-state index < -0.39 is 0 Å². The fourth-order valence-corrected chi connectivity index (χ4v) is 1.98. The van der Waals surface area contributed by atoms with Crippen molar-refractivity contribution in [2.24, 2.45) is 5.92 Å². The van der Waals surface area contributed by atoms with Crippen molar-refractivity contribution in [1.29, 1.82) is 5.26 Å². The summed E-state index contributed by atoms with van der Waals surface area (Å²) in [5.74, 6) is 0.240. The van der Waals surface area contributed by atoms with Gasteiger partial charge in [-0.2, -0.15) is 5.26 Å². The lowest BCUT2D eigenvalue weighted by atomic mass is 9.88. The number of nitriles is 1. The number of nitrogens with one attached hydrogen (secondary N) is 1. The molecule has 0 aromatic carbocycles.